The van der Waals surface area contributed by atoms with Crippen LogP contribution in [0.15, 0.2) is 16.0 Å². The van der Waals surface area contributed by atoms with Gasteiger partial charge in [0.05, 0.1) is 0 Å². The molecule has 2 aromatic rings. The molecule has 1 aliphatic rings. The monoisotopic (exact) mass is 266 g/mol. The number of aromatic nitrogens is 1. The molecule has 94 valence electrons. The second-order valence-electron chi connectivity index (χ2n) is 3.92. The molecule has 1 amide bonds. The third kappa shape index (κ3) is 1.55. The van der Waals surface area contributed by atoms with Crippen molar-refractivity contribution in [3.8, 4) is 22.3 Å². The summed E-state index contributed by atoms with van der Waals surface area (Å²) in [6.07, 6.45) is 2.71. The second-order valence-corrected chi connectivity index (χ2v) is 4.81. The van der Waals surface area contributed by atoms with Gasteiger partial charge in [0.25, 0.3) is 0 Å². The number of amides is 1. The third-order valence-electron chi connectivity index (χ3n) is 2.79. The van der Waals surface area contributed by atoms with Crippen LogP contribution in [0, 0.1) is 0 Å². The van der Waals surface area contributed by atoms with E-state index in [1.54, 1.807) is 11.6 Å². The Balaban J connectivity index is 2.07. The first kappa shape index (κ1) is 11.1. The van der Waals surface area contributed by atoms with Gasteiger partial charge in [-0.1, -0.05) is 0 Å². The van der Waals surface area contributed by atoms with Crippen LogP contribution < -0.4 is 4.90 Å². The van der Waals surface area contributed by atoms with Crippen molar-refractivity contribution in [2.75, 3.05) is 11.4 Å². The second kappa shape index (κ2) is 4.02. The van der Waals surface area contributed by atoms with Gasteiger partial charge in [-0.25, -0.2) is 4.98 Å². The first-order valence-electron chi connectivity index (χ1n) is 5.43. The topological polar surface area (TPSA) is 86.8 Å². The predicted octanol–water partition coefficient (Wildman–Crippen LogP) is 1.94. The Morgan fingerprint density at radius 1 is 1.39 bits per heavy atom. The molecule has 18 heavy (non-hydrogen) atoms. The smallest absolute Gasteiger partial charge is 0.249 e. The fraction of sp³-hybridized carbons (Fsp3) is 0.273. The van der Waals surface area contributed by atoms with E-state index in [2.05, 4.69) is 4.98 Å². The van der Waals surface area contributed by atoms with E-state index in [9.17, 15) is 15.0 Å². The molecule has 0 aromatic carbocycles. The molecule has 1 aliphatic heterocycles. The zero-order valence-electron chi connectivity index (χ0n) is 9.29. The number of furan rings is 1. The number of hydrogen-bond acceptors (Lipinski definition) is 6. The summed E-state index contributed by atoms with van der Waals surface area (Å²) in [5.74, 6) is -0.808. The van der Waals surface area contributed by atoms with Gasteiger partial charge >= 0.3 is 0 Å². The summed E-state index contributed by atoms with van der Waals surface area (Å²) in [4.78, 5) is 16.9. The van der Waals surface area contributed by atoms with Gasteiger partial charge < -0.3 is 14.6 Å². The first-order chi connectivity index (χ1) is 8.68. The molecule has 3 rings (SSSR count). The summed E-state index contributed by atoms with van der Waals surface area (Å²) in [6, 6.07) is 0. The molecule has 6 nitrogen and oxygen atoms in total. The SMILES string of the molecule is O=C1CCCN1c1oc(-c2nccs2)c(O)c1O. The van der Waals surface area contributed by atoms with Crippen molar-refractivity contribution in [2.24, 2.45) is 0 Å². The maximum Gasteiger partial charge on any atom is 0.249 e. The van der Waals surface area contributed by atoms with Crippen LogP contribution in [0.3, 0.4) is 0 Å². The van der Waals surface area contributed by atoms with Crippen LogP contribution in [0.4, 0.5) is 5.88 Å². The van der Waals surface area contributed by atoms with E-state index in [0.29, 0.717) is 24.4 Å². The van der Waals surface area contributed by atoms with E-state index in [-0.39, 0.29) is 23.3 Å². The minimum absolute atomic E-state index is 0.000185. The van der Waals surface area contributed by atoms with Gasteiger partial charge in [-0.15, -0.1) is 11.3 Å². The van der Waals surface area contributed by atoms with E-state index in [1.165, 1.54) is 16.2 Å². The normalized spacial score (nSPS) is 15.6. The molecule has 0 saturated carbocycles. The lowest BCUT2D eigenvalue weighted by Crippen LogP contribution is -2.23. The van der Waals surface area contributed by atoms with E-state index in [4.69, 9.17) is 4.42 Å². The van der Waals surface area contributed by atoms with Gasteiger partial charge in [0, 0.05) is 24.5 Å². The zero-order chi connectivity index (χ0) is 12.7. The average Bonchev–Trinajstić information content (AvgIpc) is 3.04. The van der Waals surface area contributed by atoms with Crippen molar-refractivity contribution in [1.82, 2.24) is 4.98 Å². The van der Waals surface area contributed by atoms with Crippen molar-refractivity contribution >= 4 is 23.1 Å². The number of carbonyl (C=O) groups is 1. The van der Waals surface area contributed by atoms with Gasteiger partial charge in [-0.05, 0) is 6.42 Å². The molecular weight excluding hydrogens is 256 g/mol. The van der Waals surface area contributed by atoms with Crippen LogP contribution in [0.2, 0.25) is 0 Å². The Labute approximate surface area is 106 Å². The maximum atomic E-state index is 11.6. The molecule has 0 radical (unpaired) electrons. The van der Waals surface area contributed by atoms with Crippen LogP contribution in [0.1, 0.15) is 12.8 Å². The Morgan fingerprint density at radius 3 is 2.83 bits per heavy atom. The van der Waals surface area contributed by atoms with Gasteiger partial charge in [-0.2, -0.15) is 0 Å². The average molecular weight is 266 g/mol. The lowest BCUT2D eigenvalue weighted by Gasteiger charge is -2.11. The predicted molar refractivity (Wildman–Crippen MR) is 64.7 cm³/mol. The molecule has 0 bridgehead atoms. The molecule has 0 unspecified atom stereocenters. The molecule has 7 heteroatoms. The largest absolute Gasteiger partial charge is 0.501 e. The summed E-state index contributed by atoms with van der Waals surface area (Å²) >= 11 is 1.28. The number of anilines is 1. The molecule has 0 atom stereocenters. The summed E-state index contributed by atoms with van der Waals surface area (Å²) in [5.41, 5.74) is 0. The summed E-state index contributed by atoms with van der Waals surface area (Å²) in [6.45, 7) is 0.483. The van der Waals surface area contributed by atoms with E-state index >= 15 is 0 Å². The highest BCUT2D eigenvalue weighted by Gasteiger charge is 2.31. The summed E-state index contributed by atoms with van der Waals surface area (Å²) < 4.78 is 5.40. The minimum atomic E-state index is -0.407. The highest BCUT2D eigenvalue weighted by atomic mass is 32.1. The highest BCUT2D eigenvalue weighted by Crippen LogP contribution is 2.47. The number of hydrogen-bond donors (Lipinski definition) is 2. The van der Waals surface area contributed by atoms with Crippen LogP contribution in [-0.4, -0.2) is 27.6 Å². The van der Waals surface area contributed by atoms with E-state index in [0.717, 1.165) is 0 Å². The van der Waals surface area contributed by atoms with Crippen molar-refractivity contribution in [3.05, 3.63) is 11.6 Å². The summed E-state index contributed by atoms with van der Waals surface area (Å²) in [7, 11) is 0. The van der Waals surface area contributed by atoms with Gasteiger partial charge in [0.15, 0.2) is 5.01 Å². The molecule has 2 N–H and O–H groups in total. The minimum Gasteiger partial charge on any atom is -0.501 e. The molecule has 0 spiro atoms. The van der Waals surface area contributed by atoms with Crippen molar-refractivity contribution in [3.63, 3.8) is 0 Å². The molecule has 1 fully saturated rings. The number of aromatic hydroxyl groups is 2. The third-order valence-corrected chi connectivity index (χ3v) is 3.56. The Morgan fingerprint density at radius 2 is 2.22 bits per heavy atom. The standard InChI is InChI=1S/C11H10N2O4S/c14-6-2-1-4-13(6)11-8(16)7(15)9(17-11)10-12-3-5-18-10/h3,5,15-16H,1-2,4H2. The number of rotatable bonds is 2. The van der Waals surface area contributed by atoms with Crippen molar-refractivity contribution in [2.45, 2.75) is 12.8 Å². The van der Waals surface area contributed by atoms with Gasteiger partial charge in [0.2, 0.25) is 29.1 Å². The quantitative estimate of drug-likeness (QED) is 0.867. The lowest BCUT2D eigenvalue weighted by molar-refractivity contribution is -0.117. The molecule has 0 aliphatic carbocycles. The van der Waals surface area contributed by atoms with Gasteiger partial charge in [0.1, 0.15) is 0 Å². The van der Waals surface area contributed by atoms with Crippen LogP contribution in [0.25, 0.3) is 10.8 Å². The van der Waals surface area contributed by atoms with Crippen molar-refractivity contribution in [1.29, 1.82) is 0 Å². The number of nitrogens with zero attached hydrogens (tertiary/aromatic N) is 2. The van der Waals surface area contributed by atoms with Crippen LogP contribution >= 0.6 is 11.3 Å². The maximum absolute atomic E-state index is 11.6. The summed E-state index contributed by atoms with van der Waals surface area (Å²) in [5, 5.41) is 21.8. The Bertz CT molecular complexity index is 590. The Kier molecular flexibility index (Phi) is 2.48. The molecule has 3 heterocycles. The molecular formula is C11H10N2O4S. The van der Waals surface area contributed by atoms with Crippen LogP contribution in [0.5, 0.6) is 11.5 Å². The number of carbonyl (C=O) groups excluding carboxylic acids is 1. The first-order valence-corrected chi connectivity index (χ1v) is 6.31. The fourth-order valence-electron chi connectivity index (χ4n) is 1.93. The van der Waals surface area contributed by atoms with Crippen molar-refractivity contribution < 1.29 is 19.4 Å². The van der Waals surface area contributed by atoms with E-state index in [1.807, 2.05) is 0 Å². The van der Waals surface area contributed by atoms with Gasteiger partial charge in [-0.3, -0.25) is 9.69 Å². The van der Waals surface area contributed by atoms with E-state index < -0.39 is 5.75 Å². The lowest BCUT2D eigenvalue weighted by atomic mass is 10.4. The Hall–Kier alpha value is -2.02. The highest BCUT2D eigenvalue weighted by molar-refractivity contribution is 7.13. The number of thiazole rings is 1. The molecule has 2 aromatic heterocycles. The molecule has 1 saturated heterocycles. The fourth-order valence-corrected chi connectivity index (χ4v) is 2.55. The zero-order valence-corrected chi connectivity index (χ0v) is 10.1. The van der Waals surface area contributed by atoms with Crippen LogP contribution in [-0.2, 0) is 4.79 Å².